The minimum Gasteiger partial charge on any atom is -0.305 e. The van der Waals surface area contributed by atoms with Gasteiger partial charge in [0, 0.05) is 12.0 Å². The lowest BCUT2D eigenvalue weighted by atomic mass is 10.1. The SMILES string of the molecule is C=C(C)CCC(=O)CNC(C)(C)C. The van der Waals surface area contributed by atoms with E-state index in [1.807, 2.05) is 6.92 Å². The van der Waals surface area contributed by atoms with Crippen LogP contribution < -0.4 is 5.32 Å². The van der Waals surface area contributed by atoms with Crippen LogP contribution in [0.3, 0.4) is 0 Å². The van der Waals surface area contributed by atoms with Crippen LogP contribution in [0, 0.1) is 0 Å². The zero-order valence-electron chi connectivity index (χ0n) is 9.24. The van der Waals surface area contributed by atoms with Crippen LogP contribution in [0.15, 0.2) is 12.2 Å². The van der Waals surface area contributed by atoms with E-state index >= 15 is 0 Å². The smallest absolute Gasteiger partial charge is 0.146 e. The third-order valence-electron chi connectivity index (χ3n) is 1.65. The topological polar surface area (TPSA) is 29.1 Å². The first-order valence-corrected chi connectivity index (χ1v) is 4.72. The molecule has 76 valence electrons. The number of hydrogen-bond donors (Lipinski definition) is 1. The molecule has 0 radical (unpaired) electrons. The average molecular weight is 183 g/mol. The van der Waals surface area contributed by atoms with Crippen molar-refractivity contribution in [1.29, 1.82) is 0 Å². The van der Waals surface area contributed by atoms with E-state index in [4.69, 9.17) is 0 Å². The fourth-order valence-electron chi connectivity index (χ4n) is 0.805. The third-order valence-corrected chi connectivity index (χ3v) is 1.65. The highest BCUT2D eigenvalue weighted by molar-refractivity contribution is 5.80. The Morgan fingerprint density at radius 3 is 2.23 bits per heavy atom. The molecule has 1 N–H and O–H groups in total. The van der Waals surface area contributed by atoms with Crippen molar-refractivity contribution in [3.63, 3.8) is 0 Å². The molecule has 0 unspecified atom stereocenters. The quantitative estimate of drug-likeness (QED) is 0.663. The maximum atomic E-state index is 11.3. The second-order valence-electron chi connectivity index (χ2n) is 4.60. The Balaban J connectivity index is 3.58. The van der Waals surface area contributed by atoms with E-state index in [0.29, 0.717) is 13.0 Å². The minimum absolute atomic E-state index is 0.0267. The number of hydrogen-bond acceptors (Lipinski definition) is 2. The maximum Gasteiger partial charge on any atom is 0.146 e. The first kappa shape index (κ1) is 12.4. The number of allylic oxidation sites excluding steroid dienone is 1. The number of rotatable bonds is 5. The molecule has 0 aromatic carbocycles. The molecule has 0 aliphatic rings. The molecule has 0 amide bonds. The van der Waals surface area contributed by atoms with Crippen LogP contribution in [0.5, 0.6) is 0 Å². The Hall–Kier alpha value is -0.630. The number of carbonyl (C=O) groups is 1. The van der Waals surface area contributed by atoms with Gasteiger partial charge in [0.2, 0.25) is 0 Å². The monoisotopic (exact) mass is 183 g/mol. The zero-order chi connectivity index (χ0) is 10.5. The molecule has 2 nitrogen and oxygen atoms in total. The van der Waals surface area contributed by atoms with E-state index in [9.17, 15) is 4.79 Å². The van der Waals surface area contributed by atoms with Crippen molar-refractivity contribution in [3.8, 4) is 0 Å². The first-order chi connectivity index (χ1) is 5.81. The molecule has 0 spiro atoms. The van der Waals surface area contributed by atoms with Crippen molar-refractivity contribution in [2.75, 3.05) is 6.54 Å². The first-order valence-electron chi connectivity index (χ1n) is 4.72. The van der Waals surface area contributed by atoms with E-state index in [2.05, 4.69) is 32.7 Å². The molecule has 0 saturated heterocycles. The van der Waals surface area contributed by atoms with E-state index in [1.165, 1.54) is 0 Å². The Kier molecular flexibility index (Phi) is 4.92. The van der Waals surface area contributed by atoms with Gasteiger partial charge in [0.25, 0.3) is 0 Å². The molecule has 0 fully saturated rings. The molecule has 0 saturated carbocycles. The van der Waals surface area contributed by atoms with Crippen molar-refractivity contribution in [2.24, 2.45) is 0 Å². The standard InChI is InChI=1S/C11H21NO/c1-9(2)6-7-10(13)8-12-11(3,4)5/h12H,1,6-8H2,2-5H3. The lowest BCUT2D eigenvalue weighted by Crippen LogP contribution is -2.39. The van der Waals surface area contributed by atoms with Gasteiger partial charge in [-0.05, 0) is 34.1 Å². The van der Waals surface area contributed by atoms with E-state index < -0.39 is 0 Å². The number of carbonyl (C=O) groups excluding carboxylic acids is 1. The van der Waals surface area contributed by atoms with E-state index in [0.717, 1.165) is 12.0 Å². The van der Waals surface area contributed by atoms with Gasteiger partial charge in [0.05, 0.1) is 6.54 Å². The van der Waals surface area contributed by atoms with Gasteiger partial charge in [-0.2, -0.15) is 0 Å². The summed E-state index contributed by atoms with van der Waals surface area (Å²) in [7, 11) is 0. The van der Waals surface area contributed by atoms with Gasteiger partial charge in [-0.3, -0.25) is 4.79 Å². The Morgan fingerprint density at radius 2 is 1.85 bits per heavy atom. The van der Waals surface area contributed by atoms with Crippen LogP contribution in [0.2, 0.25) is 0 Å². The Morgan fingerprint density at radius 1 is 1.31 bits per heavy atom. The summed E-state index contributed by atoms with van der Waals surface area (Å²) in [5.74, 6) is 0.262. The predicted molar refractivity (Wildman–Crippen MR) is 56.8 cm³/mol. The van der Waals surface area contributed by atoms with Crippen LogP contribution in [-0.4, -0.2) is 17.9 Å². The van der Waals surface area contributed by atoms with Gasteiger partial charge in [-0.15, -0.1) is 6.58 Å². The van der Waals surface area contributed by atoms with Crippen LogP contribution in [0.25, 0.3) is 0 Å². The van der Waals surface area contributed by atoms with E-state index in [-0.39, 0.29) is 11.3 Å². The predicted octanol–water partition coefficient (Wildman–Crippen LogP) is 2.30. The highest BCUT2D eigenvalue weighted by atomic mass is 16.1. The Bertz CT molecular complexity index is 189. The van der Waals surface area contributed by atoms with Crippen LogP contribution in [0.1, 0.15) is 40.5 Å². The summed E-state index contributed by atoms with van der Waals surface area (Å²) in [6.45, 7) is 12.3. The van der Waals surface area contributed by atoms with Crippen molar-refractivity contribution in [3.05, 3.63) is 12.2 Å². The molecule has 13 heavy (non-hydrogen) atoms. The number of nitrogens with one attached hydrogen (secondary N) is 1. The van der Waals surface area contributed by atoms with Crippen molar-refractivity contribution in [2.45, 2.75) is 46.1 Å². The molecular weight excluding hydrogens is 162 g/mol. The van der Waals surface area contributed by atoms with E-state index in [1.54, 1.807) is 0 Å². The minimum atomic E-state index is 0.0267. The summed E-state index contributed by atoms with van der Waals surface area (Å²) in [5.41, 5.74) is 1.10. The summed E-state index contributed by atoms with van der Waals surface area (Å²) >= 11 is 0. The maximum absolute atomic E-state index is 11.3. The highest BCUT2D eigenvalue weighted by Crippen LogP contribution is 2.02. The molecule has 0 aromatic rings. The van der Waals surface area contributed by atoms with Gasteiger partial charge >= 0.3 is 0 Å². The molecular formula is C11H21NO. The fraction of sp³-hybridized carbons (Fsp3) is 0.727. The number of ketones is 1. The van der Waals surface area contributed by atoms with Crippen molar-refractivity contribution in [1.82, 2.24) is 5.32 Å². The molecule has 0 atom stereocenters. The molecule has 2 heteroatoms. The molecule has 0 heterocycles. The van der Waals surface area contributed by atoms with Crippen LogP contribution in [-0.2, 0) is 4.79 Å². The largest absolute Gasteiger partial charge is 0.305 e. The van der Waals surface area contributed by atoms with Gasteiger partial charge in [0.15, 0.2) is 0 Å². The van der Waals surface area contributed by atoms with Crippen LogP contribution in [0.4, 0.5) is 0 Å². The Labute approximate surface area is 81.4 Å². The normalized spacial score (nSPS) is 11.4. The summed E-state index contributed by atoms with van der Waals surface area (Å²) in [6, 6.07) is 0. The summed E-state index contributed by atoms with van der Waals surface area (Å²) in [6.07, 6.45) is 1.42. The van der Waals surface area contributed by atoms with Crippen molar-refractivity contribution >= 4 is 5.78 Å². The van der Waals surface area contributed by atoms with Gasteiger partial charge in [0.1, 0.15) is 5.78 Å². The lowest BCUT2D eigenvalue weighted by molar-refractivity contribution is -0.118. The zero-order valence-corrected chi connectivity index (χ0v) is 9.24. The van der Waals surface area contributed by atoms with Gasteiger partial charge < -0.3 is 5.32 Å². The second kappa shape index (κ2) is 5.18. The molecule has 0 bridgehead atoms. The van der Waals surface area contributed by atoms with Crippen LogP contribution >= 0.6 is 0 Å². The van der Waals surface area contributed by atoms with Gasteiger partial charge in [-0.25, -0.2) is 0 Å². The third kappa shape index (κ3) is 9.28. The van der Waals surface area contributed by atoms with Gasteiger partial charge in [-0.1, -0.05) is 5.57 Å². The summed E-state index contributed by atoms with van der Waals surface area (Å²) in [5, 5.41) is 3.17. The molecule has 0 rings (SSSR count). The number of Topliss-reactive ketones (excluding diaryl/α,β-unsaturated/α-hetero) is 1. The highest BCUT2D eigenvalue weighted by Gasteiger charge is 2.10. The van der Waals surface area contributed by atoms with Crippen molar-refractivity contribution < 1.29 is 4.79 Å². The molecule has 0 aromatic heterocycles. The fourth-order valence-corrected chi connectivity index (χ4v) is 0.805. The summed E-state index contributed by atoms with van der Waals surface area (Å²) < 4.78 is 0. The molecule has 0 aliphatic heterocycles. The average Bonchev–Trinajstić information content (AvgIpc) is 1.95. The second-order valence-corrected chi connectivity index (χ2v) is 4.60. The molecule has 0 aliphatic carbocycles. The summed E-state index contributed by atoms with van der Waals surface area (Å²) in [4.78, 5) is 11.3. The lowest BCUT2D eigenvalue weighted by Gasteiger charge is -2.19.